The van der Waals surface area contributed by atoms with Gasteiger partial charge in [-0.25, -0.2) is 4.98 Å². The third-order valence-corrected chi connectivity index (χ3v) is 4.73. The van der Waals surface area contributed by atoms with E-state index >= 15 is 0 Å². The summed E-state index contributed by atoms with van der Waals surface area (Å²) < 4.78 is 1.43. The number of nitrogens with zero attached hydrogens (tertiary/aromatic N) is 2. The summed E-state index contributed by atoms with van der Waals surface area (Å²) in [6.07, 6.45) is 4.11. The summed E-state index contributed by atoms with van der Waals surface area (Å²) in [6.45, 7) is 5.94. The SMILES string of the molecule is CC(C)N[C@H](C(=O)NC/C=C/Cn1cnc2cc(Cl)c(Cl)cc2c1=O)[C@@H](C)O. The van der Waals surface area contributed by atoms with Crippen LogP contribution in [-0.2, 0) is 11.3 Å². The minimum absolute atomic E-state index is 0.0663. The molecule has 28 heavy (non-hydrogen) atoms. The van der Waals surface area contributed by atoms with Crippen LogP contribution in [0.5, 0.6) is 0 Å². The predicted molar refractivity (Wildman–Crippen MR) is 112 cm³/mol. The molecule has 0 aliphatic rings. The zero-order valence-electron chi connectivity index (χ0n) is 15.9. The van der Waals surface area contributed by atoms with Crippen molar-refractivity contribution in [1.82, 2.24) is 20.2 Å². The second kappa shape index (κ2) is 10.0. The topological polar surface area (TPSA) is 96.3 Å². The van der Waals surface area contributed by atoms with Crippen LogP contribution in [0, 0.1) is 0 Å². The molecule has 0 aliphatic heterocycles. The molecule has 0 saturated heterocycles. The number of aliphatic hydroxyl groups is 1. The summed E-state index contributed by atoms with van der Waals surface area (Å²) in [5.74, 6) is -0.288. The van der Waals surface area contributed by atoms with E-state index in [4.69, 9.17) is 23.2 Å². The number of carbonyl (C=O) groups is 1. The first kappa shape index (κ1) is 22.4. The summed E-state index contributed by atoms with van der Waals surface area (Å²) in [6, 6.07) is 2.45. The molecule has 2 atom stereocenters. The maximum Gasteiger partial charge on any atom is 0.261 e. The van der Waals surface area contributed by atoms with Crippen molar-refractivity contribution in [1.29, 1.82) is 0 Å². The van der Waals surface area contributed by atoms with Crippen LogP contribution >= 0.6 is 23.2 Å². The van der Waals surface area contributed by atoms with E-state index in [-0.39, 0.29) is 24.1 Å². The number of nitrogens with one attached hydrogen (secondary N) is 2. The molecule has 0 radical (unpaired) electrons. The lowest BCUT2D eigenvalue weighted by atomic mass is 10.1. The van der Waals surface area contributed by atoms with Gasteiger partial charge in [-0.1, -0.05) is 49.2 Å². The van der Waals surface area contributed by atoms with Gasteiger partial charge in [-0.3, -0.25) is 14.2 Å². The van der Waals surface area contributed by atoms with Crippen LogP contribution in [0.2, 0.25) is 10.0 Å². The van der Waals surface area contributed by atoms with E-state index in [0.717, 1.165) is 0 Å². The molecule has 2 rings (SSSR count). The van der Waals surface area contributed by atoms with Gasteiger partial charge in [0, 0.05) is 19.1 Å². The zero-order valence-corrected chi connectivity index (χ0v) is 17.5. The van der Waals surface area contributed by atoms with E-state index in [1.54, 1.807) is 25.1 Å². The number of allylic oxidation sites excluding steroid dienone is 1. The number of rotatable bonds is 8. The molecule has 0 bridgehead atoms. The minimum atomic E-state index is -0.811. The molecule has 0 aliphatic carbocycles. The Morgan fingerprint density at radius 3 is 2.57 bits per heavy atom. The van der Waals surface area contributed by atoms with Crippen molar-refractivity contribution in [3.8, 4) is 0 Å². The number of halogens is 2. The molecular formula is C19H24Cl2N4O3. The number of fused-ring (bicyclic) bond motifs is 1. The Bertz CT molecular complexity index is 925. The first-order valence-electron chi connectivity index (χ1n) is 8.91. The highest BCUT2D eigenvalue weighted by molar-refractivity contribution is 6.42. The number of hydrogen-bond acceptors (Lipinski definition) is 5. The lowest BCUT2D eigenvalue weighted by Gasteiger charge is -2.22. The predicted octanol–water partition coefficient (Wildman–Crippen LogP) is 2.12. The maximum absolute atomic E-state index is 12.5. The fourth-order valence-electron chi connectivity index (χ4n) is 2.62. The first-order valence-corrected chi connectivity index (χ1v) is 9.67. The molecule has 3 N–H and O–H groups in total. The summed E-state index contributed by atoms with van der Waals surface area (Å²) >= 11 is 11.9. The zero-order chi connectivity index (χ0) is 20.8. The Hall–Kier alpha value is -1.93. The Morgan fingerprint density at radius 1 is 1.25 bits per heavy atom. The number of hydrogen-bond donors (Lipinski definition) is 3. The first-order chi connectivity index (χ1) is 13.2. The average molecular weight is 427 g/mol. The second-order valence-electron chi connectivity index (χ2n) is 6.74. The van der Waals surface area contributed by atoms with Crippen molar-refractivity contribution < 1.29 is 9.90 Å². The molecule has 152 valence electrons. The van der Waals surface area contributed by atoms with Crippen LogP contribution in [0.3, 0.4) is 0 Å². The van der Waals surface area contributed by atoms with E-state index < -0.39 is 12.1 Å². The Kier molecular flexibility index (Phi) is 8.00. The highest BCUT2D eigenvalue weighted by atomic mass is 35.5. The van der Waals surface area contributed by atoms with Crippen LogP contribution in [0.1, 0.15) is 20.8 Å². The molecule has 1 amide bonds. The van der Waals surface area contributed by atoms with Crippen molar-refractivity contribution >= 4 is 40.0 Å². The highest BCUT2D eigenvalue weighted by Gasteiger charge is 2.23. The molecule has 1 aromatic carbocycles. The van der Waals surface area contributed by atoms with Gasteiger partial charge in [0.15, 0.2) is 0 Å². The van der Waals surface area contributed by atoms with Crippen molar-refractivity contribution in [2.24, 2.45) is 0 Å². The standard InChI is InChI=1S/C19H24Cl2N4O3/c1-11(2)24-17(12(3)26)18(27)22-6-4-5-7-25-10-23-16-9-15(21)14(20)8-13(16)19(25)28/h4-5,8-12,17,24,26H,6-7H2,1-3H3,(H,22,27)/b5-4+/t12-,17+/m1/s1. The number of aliphatic hydroxyl groups excluding tert-OH is 1. The van der Waals surface area contributed by atoms with Gasteiger partial charge in [0.05, 0.1) is 33.4 Å². The number of aromatic nitrogens is 2. The molecule has 9 heteroatoms. The average Bonchev–Trinajstić information content (AvgIpc) is 2.62. The number of benzene rings is 1. The molecular weight excluding hydrogens is 403 g/mol. The van der Waals surface area contributed by atoms with E-state index in [1.165, 1.54) is 17.0 Å². The van der Waals surface area contributed by atoms with Gasteiger partial charge < -0.3 is 15.7 Å². The Labute approximate surface area is 173 Å². The fraction of sp³-hybridized carbons (Fsp3) is 0.421. The second-order valence-corrected chi connectivity index (χ2v) is 7.56. The molecule has 7 nitrogen and oxygen atoms in total. The molecule has 1 aromatic heterocycles. The normalized spacial score (nSPS) is 14.0. The lowest BCUT2D eigenvalue weighted by molar-refractivity contribution is -0.125. The number of carbonyl (C=O) groups excluding carboxylic acids is 1. The minimum Gasteiger partial charge on any atom is -0.391 e. The lowest BCUT2D eigenvalue weighted by Crippen LogP contribution is -2.52. The van der Waals surface area contributed by atoms with Crippen LogP contribution in [-0.4, -0.2) is 45.3 Å². The van der Waals surface area contributed by atoms with Crippen molar-refractivity contribution in [3.63, 3.8) is 0 Å². The third kappa shape index (κ3) is 5.78. The third-order valence-electron chi connectivity index (χ3n) is 4.01. The van der Waals surface area contributed by atoms with Crippen molar-refractivity contribution in [3.05, 3.63) is 51.0 Å². The van der Waals surface area contributed by atoms with E-state index in [9.17, 15) is 14.7 Å². The van der Waals surface area contributed by atoms with Gasteiger partial charge in [0.1, 0.15) is 6.04 Å². The van der Waals surface area contributed by atoms with Gasteiger partial charge in [-0.2, -0.15) is 0 Å². The Morgan fingerprint density at radius 2 is 1.93 bits per heavy atom. The van der Waals surface area contributed by atoms with Crippen molar-refractivity contribution in [2.45, 2.75) is 45.5 Å². The monoisotopic (exact) mass is 426 g/mol. The molecule has 0 unspecified atom stereocenters. The molecule has 2 aromatic rings. The van der Waals surface area contributed by atoms with Crippen LogP contribution in [0.25, 0.3) is 10.9 Å². The summed E-state index contributed by atoms with van der Waals surface area (Å²) in [4.78, 5) is 28.9. The molecule has 1 heterocycles. The van der Waals surface area contributed by atoms with Crippen LogP contribution in [0.15, 0.2) is 35.4 Å². The van der Waals surface area contributed by atoms with Crippen molar-refractivity contribution in [2.75, 3.05) is 6.54 Å². The maximum atomic E-state index is 12.5. The van der Waals surface area contributed by atoms with E-state index in [1.807, 2.05) is 13.8 Å². The summed E-state index contributed by atoms with van der Waals surface area (Å²) in [5.41, 5.74) is 0.251. The highest BCUT2D eigenvalue weighted by Crippen LogP contribution is 2.24. The van der Waals surface area contributed by atoms with Gasteiger partial charge in [0.25, 0.3) is 5.56 Å². The molecule has 0 saturated carbocycles. The van der Waals surface area contributed by atoms with Gasteiger partial charge in [0.2, 0.25) is 5.91 Å². The smallest absolute Gasteiger partial charge is 0.261 e. The van der Waals surface area contributed by atoms with Gasteiger partial charge in [-0.15, -0.1) is 0 Å². The summed E-state index contributed by atoms with van der Waals surface area (Å²) in [7, 11) is 0. The largest absolute Gasteiger partial charge is 0.391 e. The summed E-state index contributed by atoms with van der Waals surface area (Å²) in [5, 5.41) is 16.5. The van der Waals surface area contributed by atoms with Crippen LogP contribution in [0.4, 0.5) is 0 Å². The fourth-order valence-corrected chi connectivity index (χ4v) is 2.94. The number of amides is 1. The van der Waals surface area contributed by atoms with Gasteiger partial charge in [-0.05, 0) is 19.1 Å². The Balaban J connectivity index is 1.98. The van der Waals surface area contributed by atoms with Crippen LogP contribution < -0.4 is 16.2 Å². The van der Waals surface area contributed by atoms with E-state index in [2.05, 4.69) is 15.6 Å². The molecule has 0 spiro atoms. The van der Waals surface area contributed by atoms with E-state index in [0.29, 0.717) is 27.5 Å². The van der Waals surface area contributed by atoms with Gasteiger partial charge >= 0.3 is 0 Å². The quantitative estimate of drug-likeness (QED) is 0.561. The molecule has 0 fully saturated rings.